The van der Waals surface area contributed by atoms with Crippen molar-refractivity contribution in [3.8, 4) is 17.2 Å². The third kappa shape index (κ3) is 3.57. The number of nitrogen functional groups attached to an aromatic ring is 1. The average Bonchev–Trinajstić information content (AvgIpc) is 3.08. The van der Waals surface area contributed by atoms with Crippen LogP contribution in [0.1, 0.15) is 16.6 Å². The van der Waals surface area contributed by atoms with Gasteiger partial charge >= 0.3 is 0 Å². The number of pyridine rings is 1. The predicted molar refractivity (Wildman–Crippen MR) is 120 cm³/mol. The van der Waals surface area contributed by atoms with Crippen LogP contribution in [0.3, 0.4) is 0 Å². The van der Waals surface area contributed by atoms with Crippen molar-refractivity contribution in [2.24, 2.45) is 0 Å². The molecule has 7 nitrogen and oxygen atoms in total. The van der Waals surface area contributed by atoms with E-state index in [4.69, 9.17) is 19.9 Å². The van der Waals surface area contributed by atoms with Gasteiger partial charge in [0.2, 0.25) is 0 Å². The summed E-state index contributed by atoms with van der Waals surface area (Å²) in [6.45, 7) is 2.51. The first-order valence-electron chi connectivity index (χ1n) is 9.33. The van der Waals surface area contributed by atoms with Gasteiger partial charge in [-0.15, -0.1) is 11.3 Å². The zero-order valence-corrected chi connectivity index (χ0v) is 17.6. The standard InChI is InChI=1S/C22H21N3O4S/c1-4-29-14-6-5-12-9-15-19(23)20(30-22(15)25-16(12)11-14)21(26)24-17-10-13(27-2)7-8-18(17)28-3/h5-11H,4,23H2,1-3H3,(H,24,26). The highest BCUT2D eigenvalue weighted by Crippen LogP contribution is 2.36. The molecule has 0 bridgehead atoms. The summed E-state index contributed by atoms with van der Waals surface area (Å²) < 4.78 is 16.1. The topological polar surface area (TPSA) is 95.7 Å². The van der Waals surface area contributed by atoms with Crippen molar-refractivity contribution in [2.45, 2.75) is 6.92 Å². The zero-order chi connectivity index (χ0) is 21.3. The molecule has 3 N–H and O–H groups in total. The summed E-state index contributed by atoms with van der Waals surface area (Å²) in [6.07, 6.45) is 0. The number of anilines is 2. The highest BCUT2D eigenvalue weighted by Gasteiger charge is 2.19. The number of hydrogen-bond donors (Lipinski definition) is 2. The number of benzene rings is 2. The van der Waals surface area contributed by atoms with Crippen molar-refractivity contribution in [3.05, 3.63) is 47.3 Å². The fraction of sp³-hybridized carbons (Fsp3) is 0.182. The molecule has 2 aromatic carbocycles. The molecule has 0 spiro atoms. The summed E-state index contributed by atoms with van der Waals surface area (Å²) in [5, 5.41) is 4.54. The first kappa shape index (κ1) is 19.8. The molecule has 0 unspecified atom stereocenters. The Morgan fingerprint density at radius 3 is 2.63 bits per heavy atom. The smallest absolute Gasteiger partial charge is 0.268 e. The predicted octanol–water partition coefficient (Wildman–Crippen LogP) is 4.70. The Morgan fingerprint density at radius 2 is 1.90 bits per heavy atom. The molecule has 0 saturated carbocycles. The van der Waals surface area contributed by atoms with Crippen LogP contribution in [-0.4, -0.2) is 31.7 Å². The number of nitrogens with two attached hydrogens (primary N) is 1. The van der Waals surface area contributed by atoms with Gasteiger partial charge in [-0.1, -0.05) is 0 Å². The molecule has 2 aromatic heterocycles. The Hall–Kier alpha value is -3.52. The second kappa shape index (κ2) is 8.08. The molecular formula is C22H21N3O4S. The van der Waals surface area contributed by atoms with Crippen LogP contribution in [0.2, 0.25) is 0 Å². The Labute approximate surface area is 177 Å². The van der Waals surface area contributed by atoms with Crippen LogP contribution >= 0.6 is 11.3 Å². The molecule has 0 aliphatic rings. The number of amides is 1. The third-order valence-electron chi connectivity index (χ3n) is 4.66. The number of hydrogen-bond acceptors (Lipinski definition) is 7. The number of methoxy groups -OCH3 is 2. The minimum atomic E-state index is -0.332. The number of nitrogens with zero attached hydrogens (tertiary/aromatic N) is 1. The summed E-state index contributed by atoms with van der Waals surface area (Å²) in [6, 6.07) is 12.8. The molecular weight excluding hydrogens is 402 g/mol. The first-order chi connectivity index (χ1) is 14.5. The number of nitrogens with one attached hydrogen (secondary N) is 1. The molecule has 8 heteroatoms. The van der Waals surface area contributed by atoms with Crippen LogP contribution in [0.4, 0.5) is 11.4 Å². The van der Waals surface area contributed by atoms with Gasteiger partial charge in [0.15, 0.2) is 0 Å². The number of rotatable bonds is 6. The second-order valence-electron chi connectivity index (χ2n) is 6.49. The van der Waals surface area contributed by atoms with Gasteiger partial charge in [-0.3, -0.25) is 4.79 Å². The molecule has 0 fully saturated rings. The lowest BCUT2D eigenvalue weighted by Crippen LogP contribution is -2.12. The van der Waals surface area contributed by atoms with E-state index < -0.39 is 0 Å². The molecule has 4 aromatic rings. The SMILES string of the molecule is CCOc1ccc2cc3c(N)c(C(=O)Nc4cc(OC)ccc4OC)sc3nc2c1. The number of aromatic nitrogens is 1. The molecule has 0 radical (unpaired) electrons. The minimum Gasteiger partial charge on any atom is -0.497 e. The lowest BCUT2D eigenvalue weighted by Gasteiger charge is -2.11. The van der Waals surface area contributed by atoms with E-state index in [2.05, 4.69) is 10.3 Å². The third-order valence-corrected chi connectivity index (χ3v) is 5.77. The summed E-state index contributed by atoms with van der Waals surface area (Å²) in [7, 11) is 3.10. The Balaban J connectivity index is 1.72. The van der Waals surface area contributed by atoms with Crippen molar-refractivity contribution in [3.63, 3.8) is 0 Å². The maximum atomic E-state index is 13.0. The lowest BCUT2D eigenvalue weighted by atomic mass is 10.1. The van der Waals surface area contributed by atoms with E-state index in [1.165, 1.54) is 18.4 Å². The van der Waals surface area contributed by atoms with Gasteiger partial charge < -0.3 is 25.3 Å². The maximum absolute atomic E-state index is 13.0. The van der Waals surface area contributed by atoms with Gasteiger partial charge in [-0.05, 0) is 37.3 Å². The number of thiophene rings is 1. The summed E-state index contributed by atoms with van der Waals surface area (Å²) in [5.74, 6) is 1.55. The highest BCUT2D eigenvalue weighted by atomic mass is 32.1. The molecule has 0 saturated heterocycles. The van der Waals surface area contributed by atoms with Crippen molar-refractivity contribution >= 4 is 49.7 Å². The lowest BCUT2D eigenvalue weighted by molar-refractivity contribution is 0.103. The minimum absolute atomic E-state index is 0.332. The molecule has 2 heterocycles. The summed E-state index contributed by atoms with van der Waals surface area (Å²) in [4.78, 5) is 18.7. The quantitative estimate of drug-likeness (QED) is 0.467. The van der Waals surface area contributed by atoms with Gasteiger partial charge in [0.1, 0.15) is 27.0 Å². The molecule has 30 heavy (non-hydrogen) atoms. The van der Waals surface area contributed by atoms with Crippen LogP contribution in [0.5, 0.6) is 17.2 Å². The number of carbonyl (C=O) groups is 1. The monoisotopic (exact) mass is 423 g/mol. The molecule has 0 aliphatic carbocycles. The van der Waals surface area contributed by atoms with E-state index in [9.17, 15) is 4.79 Å². The average molecular weight is 423 g/mol. The zero-order valence-electron chi connectivity index (χ0n) is 16.8. The maximum Gasteiger partial charge on any atom is 0.268 e. The van der Waals surface area contributed by atoms with Gasteiger partial charge in [0.05, 0.1) is 37.7 Å². The normalized spacial score (nSPS) is 10.9. The van der Waals surface area contributed by atoms with Crippen molar-refractivity contribution in [2.75, 3.05) is 31.9 Å². The summed E-state index contributed by atoms with van der Waals surface area (Å²) >= 11 is 1.25. The fourth-order valence-corrected chi connectivity index (χ4v) is 4.17. The van der Waals surface area contributed by atoms with E-state index in [1.807, 2.05) is 31.2 Å². The van der Waals surface area contributed by atoms with E-state index in [1.54, 1.807) is 25.3 Å². The number of carbonyl (C=O) groups excluding carboxylic acids is 1. The van der Waals surface area contributed by atoms with Crippen LogP contribution in [-0.2, 0) is 0 Å². The molecule has 1 amide bonds. The van der Waals surface area contributed by atoms with E-state index in [-0.39, 0.29) is 5.91 Å². The van der Waals surface area contributed by atoms with Crippen LogP contribution in [0.15, 0.2) is 42.5 Å². The molecule has 154 valence electrons. The molecule has 0 aliphatic heterocycles. The Morgan fingerprint density at radius 1 is 1.10 bits per heavy atom. The largest absolute Gasteiger partial charge is 0.497 e. The number of fused-ring (bicyclic) bond motifs is 2. The van der Waals surface area contributed by atoms with Gasteiger partial charge in [-0.2, -0.15) is 0 Å². The van der Waals surface area contributed by atoms with E-state index in [0.717, 1.165) is 22.0 Å². The van der Waals surface area contributed by atoms with Gasteiger partial charge in [0, 0.05) is 22.9 Å². The Kier molecular flexibility index (Phi) is 5.33. The highest BCUT2D eigenvalue weighted by molar-refractivity contribution is 7.21. The Bertz CT molecular complexity index is 1250. The summed E-state index contributed by atoms with van der Waals surface area (Å²) in [5.41, 5.74) is 8.00. The fourth-order valence-electron chi connectivity index (χ4n) is 3.19. The van der Waals surface area contributed by atoms with Crippen LogP contribution in [0, 0.1) is 0 Å². The molecule has 4 rings (SSSR count). The van der Waals surface area contributed by atoms with E-state index >= 15 is 0 Å². The van der Waals surface area contributed by atoms with Crippen LogP contribution < -0.4 is 25.3 Å². The van der Waals surface area contributed by atoms with Gasteiger partial charge in [-0.25, -0.2) is 4.98 Å². The second-order valence-corrected chi connectivity index (χ2v) is 7.49. The first-order valence-corrected chi connectivity index (χ1v) is 10.1. The van der Waals surface area contributed by atoms with E-state index in [0.29, 0.717) is 39.2 Å². The molecule has 0 atom stereocenters. The van der Waals surface area contributed by atoms with Gasteiger partial charge in [0.25, 0.3) is 5.91 Å². The van der Waals surface area contributed by atoms with Crippen molar-refractivity contribution < 1.29 is 19.0 Å². The van der Waals surface area contributed by atoms with Crippen molar-refractivity contribution in [1.82, 2.24) is 4.98 Å². The van der Waals surface area contributed by atoms with Crippen LogP contribution in [0.25, 0.3) is 21.1 Å². The number of ether oxygens (including phenoxy) is 3. The van der Waals surface area contributed by atoms with Crippen molar-refractivity contribution in [1.29, 1.82) is 0 Å².